The number of imidazole rings is 1. The largest absolute Gasteiger partial charge is 0.350 e. The molecule has 1 aromatic carbocycles. The number of nitrogens with zero attached hydrogens (tertiary/aromatic N) is 2. The summed E-state index contributed by atoms with van der Waals surface area (Å²) in [5.41, 5.74) is 0.534. The number of rotatable bonds is 7. The summed E-state index contributed by atoms with van der Waals surface area (Å²) in [6, 6.07) is 6.77. The quantitative estimate of drug-likeness (QED) is 0.710. The van der Waals surface area contributed by atoms with Crippen molar-refractivity contribution in [1.82, 2.24) is 14.9 Å². The van der Waals surface area contributed by atoms with Crippen LogP contribution in [0, 0.1) is 5.92 Å². The molecule has 4 nitrogen and oxygen atoms in total. The van der Waals surface area contributed by atoms with Crippen LogP contribution in [0.4, 0.5) is 8.78 Å². The molecule has 2 rings (SSSR count). The highest BCUT2D eigenvalue weighted by atomic mass is 32.2. The fourth-order valence-corrected chi connectivity index (χ4v) is 3.50. The highest BCUT2D eigenvalue weighted by Gasteiger charge is 2.30. The van der Waals surface area contributed by atoms with Gasteiger partial charge in [-0.15, -0.1) is 0 Å². The molecule has 25 heavy (non-hydrogen) atoms. The van der Waals surface area contributed by atoms with E-state index in [0.717, 1.165) is 22.7 Å². The molecule has 1 unspecified atom stereocenters. The number of amides is 1. The lowest BCUT2D eigenvalue weighted by molar-refractivity contribution is -0.122. The van der Waals surface area contributed by atoms with Crippen molar-refractivity contribution in [1.29, 1.82) is 0 Å². The number of benzene rings is 1. The van der Waals surface area contributed by atoms with Crippen molar-refractivity contribution in [3.63, 3.8) is 0 Å². The van der Waals surface area contributed by atoms with Gasteiger partial charge in [-0.25, -0.2) is 4.98 Å². The number of nitrogens with one attached hydrogen (secondary N) is 1. The van der Waals surface area contributed by atoms with Crippen molar-refractivity contribution in [2.75, 3.05) is 0 Å². The SMILES string of the molecule is CCC(C)(C)NC(=O)C(Sc1nc2ccccc2n1C(F)F)C(C)C. The molecule has 1 heterocycles. The second kappa shape index (κ2) is 7.72. The van der Waals surface area contributed by atoms with Crippen LogP contribution in [-0.4, -0.2) is 26.2 Å². The lowest BCUT2D eigenvalue weighted by Crippen LogP contribution is -2.47. The van der Waals surface area contributed by atoms with E-state index in [1.807, 2.05) is 34.6 Å². The van der Waals surface area contributed by atoms with Crippen molar-refractivity contribution in [2.45, 2.75) is 63.5 Å². The molecule has 7 heteroatoms. The number of fused-ring (bicyclic) bond motifs is 1. The predicted octanol–water partition coefficient (Wildman–Crippen LogP) is 4.85. The lowest BCUT2D eigenvalue weighted by atomic mass is 10.0. The first kappa shape index (κ1) is 19.7. The second-order valence-corrected chi connectivity index (χ2v) is 8.15. The van der Waals surface area contributed by atoms with E-state index in [1.54, 1.807) is 24.3 Å². The van der Waals surface area contributed by atoms with Crippen LogP contribution < -0.4 is 5.32 Å². The smallest absolute Gasteiger partial charge is 0.321 e. The standard InChI is InChI=1S/C18H25F2N3OS/c1-6-18(4,5)22-15(24)14(11(2)3)25-17-21-12-9-7-8-10-13(12)23(17)16(19)20/h7-11,14,16H,6H2,1-5H3,(H,22,24). The highest BCUT2D eigenvalue weighted by molar-refractivity contribution is 8.00. The number of hydrogen-bond donors (Lipinski definition) is 1. The molecule has 0 radical (unpaired) electrons. The van der Waals surface area contributed by atoms with Gasteiger partial charge in [-0.2, -0.15) is 8.78 Å². The van der Waals surface area contributed by atoms with E-state index in [1.165, 1.54) is 0 Å². The van der Waals surface area contributed by atoms with Gasteiger partial charge in [0.25, 0.3) is 0 Å². The summed E-state index contributed by atoms with van der Waals surface area (Å²) in [6.45, 7) is 6.99. The van der Waals surface area contributed by atoms with Gasteiger partial charge in [-0.3, -0.25) is 9.36 Å². The van der Waals surface area contributed by atoms with Gasteiger partial charge in [-0.1, -0.05) is 44.7 Å². The fraction of sp³-hybridized carbons (Fsp3) is 0.556. The van der Waals surface area contributed by atoms with Crippen LogP contribution >= 0.6 is 11.8 Å². The molecule has 0 aliphatic heterocycles. The van der Waals surface area contributed by atoms with E-state index >= 15 is 0 Å². The molecule has 0 aliphatic carbocycles. The molecule has 0 aliphatic rings. The zero-order valence-corrected chi connectivity index (χ0v) is 16.0. The Morgan fingerprint density at radius 2 is 1.96 bits per heavy atom. The van der Waals surface area contributed by atoms with Crippen molar-refractivity contribution in [3.8, 4) is 0 Å². The zero-order valence-electron chi connectivity index (χ0n) is 15.2. The number of aromatic nitrogens is 2. The minimum Gasteiger partial charge on any atom is -0.350 e. The predicted molar refractivity (Wildman–Crippen MR) is 98.0 cm³/mol. The number of halogens is 2. The first-order valence-corrected chi connectivity index (χ1v) is 9.28. The van der Waals surface area contributed by atoms with E-state index in [-0.39, 0.29) is 22.5 Å². The first-order valence-electron chi connectivity index (χ1n) is 8.40. The van der Waals surface area contributed by atoms with E-state index in [2.05, 4.69) is 10.3 Å². The lowest BCUT2D eigenvalue weighted by Gasteiger charge is -2.28. The summed E-state index contributed by atoms with van der Waals surface area (Å²) in [4.78, 5) is 17.0. The molecular weight excluding hydrogens is 344 g/mol. The number of carbonyl (C=O) groups excluding carboxylic acids is 1. The fourth-order valence-electron chi connectivity index (χ4n) is 2.39. The summed E-state index contributed by atoms with van der Waals surface area (Å²) >= 11 is 1.10. The summed E-state index contributed by atoms with van der Waals surface area (Å²) in [5, 5.41) is 2.67. The van der Waals surface area contributed by atoms with Crippen LogP contribution in [0.3, 0.4) is 0 Å². The molecular formula is C18H25F2N3OS. The van der Waals surface area contributed by atoms with Gasteiger partial charge in [0.15, 0.2) is 5.16 Å². The van der Waals surface area contributed by atoms with Gasteiger partial charge < -0.3 is 5.32 Å². The van der Waals surface area contributed by atoms with Crippen LogP contribution in [0.1, 0.15) is 47.6 Å². The number of thioether (sulfide) groups is 1. The average Bonchev–Trinajstić information content (AvgIpc) is 2.89. The Morgan fingerprint density at radius 3 is 2.52 bits per heavy atom. The average molecular weight is 369 g/mol. The maximum absolute atomic E-state index is 13.6. The Labute approximate surface area is 151 Å². The van der Waals surface area contributed by atoms with Crippen molar-refractivity contribution < 1.29 is 13.6 Å². The third-order valence-corrected chi connectivity index (χ3v) is 5.71. The van der Waals surface area contributed by atoms with Crippen LogP contribution in [0.5, 0.6) is 0 Å². The minimum absolute atomic E-state index is 0.0245. The Hall–Kier alpha value is -1.63. The molecule has 1 amide bonds. The topological polar surface area (TPSA) is 46.9 Å². The highest BCUT2D eigenvalue weighted by Crippen LogP contribution is 2.34. The number of carbonyl (C=O) groups is 1. The molecule has 138 valence electrons. The van der Waals surface area contributed by atoms with Crippen molar-refractivity contribution >= 4 is 28.7 Å². The van der Waals surface area contributed by atoms with E-state index in [4.69, 9.17) is 0 Å². The van der Waals surface area contributed by atoms with Crippen LogP contribution in [0.2, 0.25) is 0 Å². The number of para-hydroxylation sites is 2. The molecule has 0 saturated heterocycles. The van der Waals surface area contributed by atoms with Gasteiger partial charge in [0.1, 0.15) is 0 Å². The third-order valence-electron chi connectivity index (χ3n) is 4.20. The molecule has 1 aromatic heterocycles. The third kappa shape index (κ3) is 4.51. The Kier molecular flexibility index (Phi) is 6.08. The van der Waals surface area contributed by atoms with Crippen LogP contribution in [-0.2, 0) is 4.79 Å². The molecule has 0 fully saturated rings. The summed E-state index contributed by atoms with van der Waals surface area (Å²) < 4.78 is 28.1. The Bertz CT molecular complexity index is 743. The van der Waals surface area contributed by atoms with Crippen molar-refractivity contribution in [3.05, 3.63) is 24.3 Å². The minimum atomic E-state index is -2.71. The van der Waals surface area contributed by atoms with E-state index < -0.39 is 11.8 Å². The van der Waals surface area contributed by atoms with E-state index in [0.29, 0.717) is 11.0 Å². The molecule has 1 N–H and O–H groups in total. The molecule has 0 spiro atoms. The maximum atomic E-state index is 13.6. The van der Waals surface area contributed by atoms with Gasteiger partial charge in [-0.05, 0) is 38.3 Å². The van der Waals surface area contributed by atoms with Gasteiger partial charge in [0, 0.05) is 5.54 Å². The summed E-state index contributed by atoms with van der Waals surface area (Å²) in [7, 11) is 0. The maximum Gasteiger partial charge on any atom is 0.321 e. The van der Waals surface area contributed by atoms with Crippen molar-refractivity contribution in [2.24, 2.45) is 5.92 Å². The number of alkyl halides is 2. The normalized spacial score (nSPS) is 13.6. The van der Waals surface area contributed by atoms with Crippen LogP contribution in [0.15, 0.2) is 29.4 Å². The van der Waals surface area contributed by atoms with E-state index in [9.17, 15) is 13.6 Å². The monoisotopic (exact) mass is 369 g/mol. The number of hydrogen-bond acceptors (Lipinski definition) is 3. The summed E-state index contributed by atoms with van der Waals surface area (Å²) in [5.74, 6) is -0.177. The molecule has 2 aromatic rings. The first-order chi connectivity index (χ1) is 11.7. The summed E-state index contributed by atoms with van der Waals surface area (Å²) in [6.07, 6.45) is 0.782. The Morgan fingerprint density at radius 1 is 1.32 bits per heavy atom. The Balaban J connectivity index is 2.35. The molecule has 1 atom stereocenters. The van der Waals surface area contributed by atoms with Gasteiger partial charge in [0.2, 0.25) is 5.91 Å². The van der Waals surface area contributed by atoms with Gasteiger partial charge >= 0.3 is 6.55 Å². The van der Waals surface area contributed by atoms with Gasteiger partial charge in [0.05, 0.1) is 16.3 Å². The molecule has 0 saturated carbocycles. The zero-order chi connectivity index (χ0) is 18.8. The second-order valence-electron chi connectivity index (χ2n) is 7.04. The van der Waals surface area contributed by atoms with Crippen LogP contribution in [0.25, 0.3) is 11.0 Å². The molecule has 0 bridgehead atoms.